The van der Waals surface area contributed by atoms with E-state index in [0.717, 1.165) is 28.8 Å². The second kappa shape index (κ2) is 6.77. The summed E-state index contributed by atoms with van der Waals surface area (Å²) in [5, 5.41) is 8.94. The Kier molecular flexibility index (Phi) is 5.64. The van der Waals surface area contributed by atoms with Gasteiger partial charge in [0.2, 0.25) is 0 Å². The third kappa shape index (κ3) is 3.72. The predicted octanol–water partition coefficient (Wildman–Crippen LogP) is 3.45. The first-order valence-corrected chi connectivity index (χ1v) is 6.98. The van der Waals surface area contributed by atoms with Gasteiger partial charge in [-0.3, -0.25) is 0 Å². The molecule has 4 heteroatoms. The van der Waals surface area contributed by atoms with Crippen LogP contribution in [0.3, 0.4) is 0 Å². The summed E-state index contributed by atoms with van der Waals surface area (Å²) in [6.07, 6.45) is 0. The highest BCUT2D eigenvalue weighted by atomic mass is 79.9. The van der Waals surface area contributed by atoms with Crippen LogP contribution in [0.25, 0.3) is 0 Å². The maximum Gasteiger partial charge on any atom is 0.0671 e. The van der Waals surface area contributed by atoms with E-state index in [4.69, 9.17) is 11.0 Å². The van der Waals surface area contributed by atoms with Gasteiger partial charge in [-0.15, -0.1) is 0 Å². The van der Waals surface area contributed by atoms with E-state index in [1.807, 2.05) is 19.9 Å². The SMILES string of the molecule is CCN(CC(C)C#N)c1ccc(Br)cc1C(C)N. The quantitative estimate of drug-likeness (QED) is 0.906. The molecule has 0 aliphatic rings. The maximum atomic E-state index is 8.94. The van der Waals surface area contributed by atoms with Crippen LogP contribution >= 0.6 is 15.9 Å². The van der Waals surface area contributed by atoms with Gasteiger partial charge in [-0.05, 0) is 44.5 Å². The summed E-state index contributed by atoms with van der Waals surface area (Å²) in [6.45, 7) is 7.61. The van der Waals surface area contributed by atoms with Gasteiger partial charge in [0.05, 0.1) is 12.0 Å². The molecule has 0 aliphatic carbocycles. The first-order valence-electron chi connectivity index (χ1n) is 6.19. The Morgan fingerprint density at radius 3 is 2.61 bits per heavy atom. The fraction of sp³-hybridized carbons (Fsp3) is 0.500. The maximum absolute atomic E-state index is 8.94. The van der Waals surface area contributed by atoms with Crippen LogP contribution in [0.1, 0.15) is 32.4 Å². The van der Waals surface area contributed by atoms with Crippen LogP contribution in [-0.4, -0.2) is 13.1 Å². The molecule has 0 heterocycles. The highest BCUT2D eigenvalue weighted by molar-refractivity contribution is 9.10. The van der Waals surface area contributed by atoms with E-state index in [0.29, 0.717) is 0 Å². The molecule has 0 aromatic heterocycles. The zero-order valence-corrected chi connectivity index (χ0v) is 12.7. The van der Waals surface area contributed by atoms with Gasteiger partial charge < -0.3 is 10.6 Å². The van der Waals surface area contributed by atoms with Crippen molar-refractivity contribution >= 4 is 21.6 Å². The minimum Gasteiger partial charge on any atom is -0.370 e. The third-order valence-electron chi connectivity index (χ3n) is 2.92. The molecule has 2 atom stereocenters. The highest BCUT2D eigenvalue weighted by Gasteiger charge is 2.15. The van der Waals surface area contributed by atoms with Gasteiger partial charge in [-0.1, -0.05) is 15.9 Å². The van der Waals surface area contributed by atoms with Crippen LogP contribution in [-0.2, 0) is 0 Å². The van der Waals surface area contributed by atoms with Crippen LogP contribution < -0.4 is 10.6 Å². The Morgan fingerprint density at radius 2 is 2.11 bits per heavy atom. The van der Waals surface area contributed by atoms with Crippen molar-refractivity contribution in [2.45, 2.75) is 26.8 Å². The molecular weight excluding hydrogens is 290 g/mol. The summed E-state index contributed by atoms with van der Waals surface area (Å²) in [5.74, 6) is 0.00882. The molecule has 2 N–H and O–H groups in total. The van der Waals surface area contributed by atoms with Crippen molar-refractivity contribution in [2.75, 3.05) is 18.0 Å². The van der Waals surface area contributed by atoms with Gasteiger partial charge in [-0.25, -0.2) is 0 Å². The fourth-order valence-corrected chi connectivity index (χ4v) is 2.33. The second-order valence-corrected chi connectivity index (χ2v) is 5.48. The molecule has 1 rings (SSSR count). The number of halogens is 1. The molecule has 0 bridgehead atoms. The Bertz CT molecular complexity index is 437. The van der Waals surface area contributed by atoms with Crippen molar-refractivity contribution in [3.8, 4) is 6.07 Å². The molecule has 18 heavy (non-hydrogen) atoms. The van der Waals surface area contributed by atoms with E-state index in [1.54, 1.807) is 0 Å². The van der Waals surface area contributed by atoms with E-state index < -0.39 is 0 Å². The van der Waals surface area contributed by atoms with E-state index in [2.05, 4.69) is 46.0 Å². The second-order valence-electron chi connectivity index (χ2n) is 4.56. The molecule has 98 valence electrons. The fourth-order valence-electron chi connectivity index (χ4n) is 1.95. The Balaban J connectivity index is 3.09. The number of benzene rings is 1. The van der Waals surface area contributed by atoms with Crippen LogP contribution in [0, 0.1) is 17.2 Å². The van der Waals surface area contributed by atoms with Gasteiger partial charge in [0.15, 0.2) is 0 Å². The van der Waals surface area contributed by atoms with Gasteiger partial charge in [0.25, 0.3) is 0 Å². The Hall–Kier alpha value is -1.05. The average molecular weight is 310 g/mol. The van der Waals surface area contributed by atoms with Crippen LogP contribution in [0.15, 0.2) is 22.7 Å². The molecule has 0 saturated heterocycles. The van der Waals surface area contributed by atoms with Gasteiger partial charge in [0, 0.05) is 29.3 Å². The lowest BCUT2D eigenvalue weighted by molar-refractivity contribution is 0.678. The number of anilines is 1. The zero-order chi connectivity index (χ0) is 13.7. The number of nitrogens with two attached hydrogens (primary N) is 1. The minimum absolute atomic E-state index is 0.00882. The van der Waals surface area contributed by atoms with Crippen LogP contribution in [0.4, 0.5) is 5.69 Å². The normalized spacial score (nSPS) is 13.8. The van der Waals surface area contributed by atoms with Crippen molar-refractivity contribution in [1.82, 2.24) is 0 Å². The molecule has 0 saturated carbocycles. The van der Waals surface area contributed by atoms with Gasteiger partial charge >= 0.3 is 0 Å². The summed E-state index contributed by atoms with van der Waals surface area (Å²) >= 11 is 3.47. The van der Waals surface area contributed by atoms with E-state index in [-0.39, 0.29) is 12.0 Å². The molecule has 1 aromatic rings. The molecular formula is C14H20BrN3. The Morgan fingerprint density at radius 1 is 1.44 bits per heavy atom. The number of nitriles is 1. The lowest BCUT2D eigenvalue weighted by Gasteiger charge is -2.28. The summed E-state index contributed by atoms with van der Waals surface area (Å²) < 4.78 is 1.03. The van der Waals surface area contributed by atoms with E-state index in [1.165, 1.54) is 0 Å². The van der Waals surface area contributed by atoms with E-state index >= 15 is 0 Å². The number of nitrogens with zero attached hydrogens (tertiary/aromatic N) is 2. The summed E-state index contributed by atoms with van der Waals surface area (Å²) in [5.41, 5.74) is 8.26. The van der Waals surface area contributed by atoms with Crippen molar-refractivity contribution in [3.63, 3.8) is 0 Å². The van der Waals surface area contributed by atoms with Crippen molar-refractivity contribution in [1.29, 1.82) is 5.26 Å². The smallest absolute Gasteiger partial charge is 0.0671 e. The topological polar surface area (TPSA) is 53.0 Å². The zero-order valence-electron chi connectivity index (χ0n) is 11.2. The molecule has 0 fully saturated rings. The molecule has 1 aromatic carbocycles. The van der Waals surface area contributed by atoms with Crippen molar-refractivity contribution < 1.29 is 0 Å². The number of hydrogen-bond donors (Lipinski definition) is 1. The Labute approximate surface area is 118 Å². The predicted molar refractivity (Wildman–Crippen MR) is 79.4 cm³/mol. The van der Waals surface area contributed by atoms with Gasteiger partial charge in [0.1, 0.15) is 0 Å². The minimum atomic E-state index is -0.0241. The lowest BCUT2D eigenvalue weighted by Crippen LogP contribution is -2.29. The highest BCUT2D eigenvalue weighted by Crippen LogP contribution is 2.29. The first kappa shape index (κ1) is 15.0. The molecule has 0 radical (unpaired) electrons. The monoisotopic (exact) mass is 309 g/mol. The summed E-state index contributed by atoms with van der Waals surface area (Å²) in [7, 11) is 0. The number of rotatable bonds is 5. The third-order valence-corrected chi connectivity index (χ3v) is 3.41. The van der Waals surface area contributed by atoms with Crippen molar-refractivity contribution in [3.05, 3.63) is 28.2 Å². The average Bonchev–Trinajstić information content (AvgIpc) is 2.35. The molecule has 2 unspecified atom stereocenters. The molecule has 3 nitrogen and oxygen atoms in total. The molecule has 0 aliphatic heterocycles. The standard InChI is InChI=1S/C14H20BrN3/c1-4-18(9-10(2)8-16)14-6-5-12(15)7-13(14)11(3)17/h5-7,10-11H,4,9,17H2,1-3H3. The number of hydrogen-bond acceptors (Lipinski definition) is 3. The lowest BCUT2D eigenvalue weighted by atomic mass is 10.0. The largest absolute Gasteiger partial charge is 0.370 e. The molecule has 0 spiro atoms. The van der Waals surface area contributed by atoms with Gasteiger partial charge in [-0.2, -0.15) is 5.26 Å². The molecule has 0 amide bonds. The summed E-state index contributed by atoms with van der Waals surface area (Å²) in [6, 6.07) is 8.39. The van der Waals surface area contributed by atoms with Crippen LogP contribution in [0.2, 0.25) is 0 Å². The van der Waals surface area contributed by atoms with Crippen LogP contribution in [0.5, 0.6) is 0 Å². The summed E-state index contributed by atoms with van der Waals surface area (Å²) in [4.78, 5) is 2.21. The first-order chi connectivity index (χ1) is 8.49. The van der Waals surface area contributed by atoms with E-state index in [9.17, 15) is 0 Å². The van der Waals surface area contributed by atoms with Crippen molar-refractivity contribution in [2.24, 2.45) is 11.7 Å².